The molecule has 32 heavy (non-hydrogen) atoms. The number of nitrogens with zero attached hydrogens (tertiary/aromatic N) is 1. The Morgan fingerprint density at radius 1 is 1.12 bits per heavy atom. The molecule has 0 radical (unpaired) electrons. The normalized spacial score (nSPS) is 15.8. The number of aliphatic hydroxyl groups is 1. The van der Waals surface area contributed by atoms with Gasteiger partial charge in [-0.1, -0.05) is 35.9 Å². The van der Waals surface area contributed by atoms with Crippen molar-refractivity contribution in [2.45, 2.75) is 37.6 Å². The number of hydrogen-bond donors (Lipinski definition) is 2. The molecule has 3 aromatic rings. The van der Waals surface area contributed by atoms with Crippen LogP contribution in [0.5, 0.6) is 0 Å². The van der Waals surface area contributed by atoms with E-state index in [0.717, 1.165) is 30.7 Å². The Morgan fingerprint density at radius 2 is 1.75 bits per heavy atom. The van der Waals surface area contributed by atoms with Gasteiger partial charge in [-0.2, -0.15) is 13.2 Å². The number of alkyl halides is 3. The molecule has 0 bridgehead atoms. The van der Waals surface area contributed by atoms with Gasteiger partial charge in [-0.3, -0.25) is 9.78 Å². The first kappa shape index (κ1) is 22.3. The minimum absolute atomic E-state index is 0.102. The molecule has 1 fully saturated rings. The fourth-order valence-corrected chi connectivity index (χ4v) is 3.77. The van der Waals surface area contributed by atoms with E-state index in [1.165, 1.54) is 6.92 Å². The largest absolute Gasteiger partial charge is 0.417 e. The van der Waals surface area contributed by atoms with Crippen LogP contribution in [0.2, 0.25) is 5.02 Å². The predicted molar refractivity (Wildman–Crippen MR) is 115 cm³/mol. The number of aromatic nitrogens is 1. The zero-order valence-electron chi connectivity index (χ0n) is 17.1. The zero-order valence-corrected chi connectivity index (χ0v) is 17.8. The average molecular weight is 461 g/mol. The molecule has 1 heterocycles. The first-order valence-corrected chi connectivity index (χ1v) is 10.4. The molecular weight excluding hydrogens is 441 g/mol. The van der Waals surface area contributed by atoms with Crippen LogP contribution < -0.4 is 5.32 Å². The van der Waals surface area contributed by atoms with Crippen LogP contribution in [-0.2, 0) is 11.7 Å². The van der Waals surface area contributed by atoms with Gasteiger partial charge < -0.3 is 10.4 Å². The molecule has 0 aliphatic heterocycles. The number of carbonyl (C=O) groups is 1. The summed E-state index contributed by atoms with van der Waals surface area (Å²) < 4.78 is 39.1. The highest BCUT2D eigenvalue weighted by molar-refractivity contribution is 6.30. The van der Waals surface area contributed by atoms with Gasteiger partial charge in [0.25, 0.3) is 5.91 Å². The lowest BCUT2D eigenvalue weighted by Gasteiger charge is -2.19. The molecule has 8 heteroatoms. The lowest BCUT2D eigenvalue weighted by atomic mass is 9.97. The van der Waals surface area contributed by atoms with Crippen LogP contribution in [0.3, 0.4) is 0 Å². The molecular formula is C24H20ClF3N2O2. The Labute approximate surface area is 188 Å². The van der Waals surface area contributed by atoms with Crippen molar-refractivity contribution in [3.05, 3.63) is 88.1 Å². The molecule has 1 atom stereocenters. The maximum atomic E-state index is 13.0. The molecule has 0 spiro atoms. The third-order valence-corrected chi connectivity index (χ3v) is 5.87. The molecule has 1 aromatic heterocycles. The van der Waals surface area contributed by atoms with Gasteiger partial charge in [0.2, 0.25) is 0 Å². The number of nitrogens with one attached hydrogen (secondary N) is 1. The number of pyridine rings is 1. The summed E-state index contributed by atoms with van der Waals surface area (Å²) in [7, 11) is 0. The summed E-state index contributed by atoms with van der Waals surface area (Å²) >= 11 is 5.88. The summed E-state index contributed by atoms with van der Waals surface area (Å²) in [6, 6.07) is 14.7. The van der Waals surface area contributed by atoms with Crippen molar-refractivity contribution in [2.24, 2.45) is 0 Å². The molecule has 0 saturated heterocycles. The number of benzene rings is 2. The molecule has 1 unspecified atom stereocenters. The molecule has 1 saturated carbocycles. The lowest BCUT2D eigenvalue weighted by molar-refractivity contribution is -0.137. The van der Waals surface area contributed by atoms with Gasteiger partial charge in [-0.15, -0.1) is 0 Å². The van der Waals surface area contributed by atoms with E-state index in [1.807, 2.05) is 12.1 Å². The summed E-state index contributed by atoms with van der Waals surface area (Å²) in [5.74, 6) is -0.205. The van der Waals surface area contributed by atoms with Crippen molar-refractivity contribution in [3.8, 4) is 11.3 Å². The smallest absolute Gasteiger partial charge is 0.389 e. The van der Waals surface area contributed by atoms with Gasteiger partial charge in [0.05, 0.1) is 22.9 Å². The number of aliphatic hydroxyl groups excluding tert-OH is 1. The third-order valence-electron chi connectivity index (χ3n) is 5.61. The highest BCUT2D eigenvalue weighted by atomic mass is 35.5. The van der Waals surface area contributed by atoms with Gasteiger partial charge in [0, 0.05) is 27.9 Å². The SMILES string of the molecule is CC(O)c1cc(C(F)(F)F)cnc1-c1ccc(C2(NC(=O)c3ccc(Cl)cc3)CC2)cc1. The third kappa shape index (κ3) is 4.49. The van der Waals surface area contributed by atoms with E-state index < -0.39 is 23.4 Å². The first-order chi connectivity index (χ1) is 15.1. The van der Waals surface area contributed by atoms with Crippen LogP contribution in [0.4, 0.5) is 13.2 Å². The second kappa shape index (κ2) is 8.22. The topological polar surface area (TPSA) is 62.2 Å². The lowest BCUT2D eigenvalue weighted by Crippen LogP contribution is -2.34. The van der Waals surface area contributed by atoms with Crippen molar-refractivity contribution in [2.75, 3.05) is 0 Å². The van der Waals surface area contributed by atoms with Crippen LogP contribution in [0.1, 0.15) is 52.9 Å². The summed E-state index contributed by atoms with van der Waals surface area (Å²) in [6.45, 7) is 1.40. The molecule has 2 aromatic carbocycles. The van der Waals surface area contributed by atoms with E-state index in [9.17, 15) is 23.1 Å². The number of carbonyl (C=O) groups excluding carboxylic acids is 1. The Kier molecular flexibility index (Phi) is 5.73. The maximum absolute atomic E-state index is 13.0. The molecule has 1 aliphatic carbocycles. The van der Waals surface area contributed by atoms with E-state index in [-0.39, 0.29) is 17.2 Å². The molecule has 4 rings (SSSR count). The highest BCUT2D eigenvalue weighted by Gasteiger charge is 2.45. The average Bonchev–Trinajstić information content (AvgIpc) is 3.53. The molecule has 166 valence electrons. The van der Waals surface area contributed by atoms with E-state index >= 15 is 0 Å². The number of hydrogen-bond acceptors (Lipinski definition) is 3. The quantitative estimate of drug-likeness (QED) is 0.499. The summed E-state index contributed by atoms with van der Waals surface area (Å²) in [5, 5.41) is 13.6. The van der Waals surface area contributed by atoms with Crippen LogP contribution in [0.15, 0.2) is 60.8 Å². The monoisotopic (exact) mass is 460 g/mol. The molecule has 4 nitrogen and oxygen atoms in total. The van der Waals surface area contributed by atoms with Gasteiger partial charge in [-0.05, 0) is 55.7 Å². The van der Waals surface area contributed by atoms with Crippen molar-refractivity contribution >= 4 is 17.5 Å². The summed E-state index contributed by atoms with van der Waals surface area (Å²) in [4.78, 5) is 16.6. The second-order valence-electron chi connectivity index (χ2n) is 7.96. The minimum atomic E-state index is -4.54. The van der Waals surface area contributed by atoms with Crippen LogP contribution in [-0.4, -0.2) is 16.0 Å². The second-order valence-corrected chi connectivity index (χ2v) is 8.39. The van der Waals surface area contributed by atoms with Gasteiger partial charge in [-0.25, -0.2) is 0 Å². The Morgan fingerprint density at radius 3 is 2.28 bits per heavy atom. The summed E-state index contributed by atoms with van der Waals surface area (Å²) in [6.07, 6.45) is -3.33. The van der Waals surface area contributed by atoms with Crippen molar-refractivity contribution in [1.82, 2.24) is 10.3 Å². The molecule has 1 aliphatic rings. The molecule has 1 amide bonds. The van der Waals surface area contributed by atoms with E-state index in [1.54, 1.807) is 36.4 Å². The number of halogens is 4. The highest BCUT2D eigenvalue weighted by Crippen LogP contribution is 2.46. The fourth-order valence-electron chi connectivity index (χ4n) is 3.65. The number of rotatable bonds is 5. The summed E-state index contributed by atoms with van der Waals surface area (Å²) in [5.41, 5.74) is 0.991. The van der Waals surface area contributed by atoms with E-state index in [0.29, 0.717) is 16.1 Å². The van der Waals surface area contributed by atoms with Crippen molar-refractivity contribution in [3.63, 3.8) is 0 Å². The molecule has 2 N–H and O–H groups in total. The first-order valence-electron chi connectivity index (χ1n) is 10.0. The van der Waals surface area contributed by atoms with Gasteiger partial charge >= 0.3 is 6.18 Å². The van der Waals surface area contributed by atoms with Crippen molar-refractivity contribution < 1.29 is 23.1 Å². The van der Waals surface area contributed by atoms with Crippen LogP contribution in [0, 0.1) is 0 Å². The minimum Gasteiger partial charge on any atom is -0.389 e. The zero-order chi connectivity index (χ0) is 23.1. The maximum Gasteiger partial charge on any atom is 0.417 e. The Hall–Kier alpha value is -2.90. The van der Waals surface area contributed by atoms with E-state index in [4.69, 9.17) is 11.6 Å². The van der Waals surface area contributed by atoms with Crippen LogP contribution in [0.25, 0.3) is 11.3 Å². The van der Waals surface area contributed by atoms with Gasteiger partial charge in [0.1, 0.15) is 0 Å². The van der Waals surface area contributed by atoms with Gasteiger partial charge in [0.15, 0.2) is 0 Å². The van der Waals surface area contributed by atoms with Crippen LogP contribution >= 0.6 is 11.6 Å². The fraction of sp³-hybridized carbons (Fsp3) is 0.250. The van der Waals surface area contributed by atoms with Crippen molar-refractivity contribution in [1.29, 1.82) is 0 Å². The van der Waals surface area contributed by atoms with E-state index in [2.05, 4.69) is 10.3 Å². The number of amides is 1. The Balaban J connectivity index is 1.58. The predicted octanol–water partition coefficient (Wildman–Crippen LogP) is 5.89. The Bertz CT molecular complexity index is 1140. The standard InChI is InChI=1S/C24H20ClF3N2O2/c1-14(31)20-12-18(24(26,27)28)13-29-21(20)15-2-6-17(7-3-15)23(10-11-23)30-22(32)16-4-8-19(25)9-5-16/h2-9,12-14,31H,10-11H2,1H3,(H,30,32).